The van der Waals surface area contributed by atoms with E-state index in [1.54, 1.807) is 39.0 Å². The molecule has 16 heavy (non-hydrogen) atoms. The number of hydrogen-bond acceptors (Lipinski definition) is 3. The molecule has 0 saturated heterocycles. The number of nitrogen functional groups attached to an aromatic ring is 1. The van der Waals surface area contributed by atoms with Crippen LogP contribution in [0.4, 0.5) is 16.2 Å². The Morgan fingerprint density at radius 1 is 1.44 bits per heavy atom. The van der Waals surface area contributed by atoms with Crippen LogP contribution in [0.5, 0.6) is 0 Å². The number of carbonyl (C=O) groups is 1. The van der Waals surface area contributed by atoms with E-state index in [-0.39, 0.29) is 0 Å². The van der Waals surface area contributed by atoms with Crippen molar-refractivity contribution in [2.75, 3.05) is 11.1 Å². The molecule has 0 unspecified atom stereocenters. The summed E-state index contributed by atoms with van der Waals surface area (Å²) in [6, 6.07) is 5.30. The van der Waals surface area contributed by atoms with Crippen molar-refractivity contribution < 1.29 is 9.53 Å². The molecule has 0 bridgehead atoms. The molecule has 3 N–H and O–H groups in total. The van der Waals surface area contributed by atoms with Crippen molar-refractivity contribution in [2.24, 2.45) is 0 Å². The van der Waals surface area contributed by atoms with Gasteiger partial charge in [-0.25, -0.2) is 4.79 Å². The average molecular weight is 287 g/mol. The Hall–Kier alpha value is -1.23. The van der Waals surface area contributed by atoms with Crippen LogP contribution in [0.1, 0.15) is 20.8 Å². The lowest BCUT2D eigenvalue weighted by atomic mass is 10.2. The molecule has 0 aromatic heterocycles. The molecule has 0 aliphatic carbocycles. The van der Waals surface area contributed by atoms with Crippen LogP contribution in [0.2, 0.25) is 0 Å². The number of para-hydroxylation sites is 1. The first kappa shape index (κ1) is 12.8. The molecule has 0 aliphatic rings. The number of nitrogens with one attached hydrogen (secondary N) is 1. The summed E-state index contributed by atoms with van der Waals surface area (Å²) in [5, 5.41) is 2.59. The van der Waals surface area contributed by atoms with Gasteiger partial charge in [0.05, 0.1) is 11.4 Å². The minimum Gasteiger partial charge on any atom is -0.444 e. The van der Waals surface area contributed by atoms with Gasteiger partial charge in [-0.15, -0.1) is 0 Å². The van der Waals surface area contributed by atoms with Crippen LogP contribution in [0.25, 0.3) is 0 Å². The SMILES string of the molecule is CC(C)(C)OC(=O)Nc1cccc(Br)c1N. The van der Waals surface area contributed by atoms with E-state index in [4.69, 9.17) is 10.5 Å². The monoisotopic (exact) mass is 286 g/mol. The lowest BCUT2D eigenvalue weighted by Crippen LogP contribution is -2.27. The molecule has 0 spiro atoms. The number of amides is 1. The van der Waals surface area contributed by atoms with Gasteiger partial charge in [0.25, 0.3) is 0 Å². The minimum absolute atomic E-state index is 0.480. The summed E-state index contributed by atoms with van der Waals surface area (Å²) in [5.41, 5.74) is 6.27. The van der Waals surface area contributed by atoms with E-state index in [2.05, 4.69) is 21.2 Å². The molecule has 0 heterocycles. The molecule has 0 atom stereocenters. The fourth-order valence-corrected chi connectivity index (χ4v) is 1.43. The van der Waals surface area contributed by atoms with Crippen LogP contribution in [-0.2, 0) is 4.74 Å². The van der Waals surface area contributed by atoms with Gasteiger partial charge in [-0.05, 0) is 48.8 Å². The predicted octanol–water partition coefficient (Wildman–Crippen LogP) is 3.38. The van der Waals surface area contributed by atoms with E-state index >= 15 is 0 Å². The van der Waals surface area contributed by atoms with Crippen LogP contribution >= 0.6 is 15.9 Å². The molecule has 0 aliphatic heterocycles. The Bertz CT molecular complexity index is 399. The summed E-state index contributed by atoms with van der Waals surface area (Å²) in [4.78, 5) is 11.5. The van der Waals surface area contributed by atoms with E-state index in [0.717, 1.165) is 4.47 Å². The first-order valence-electron chi connectivity index (χ1n) is 4.83. The zero-order valence-corrected chi connectivity index (χ0v) is 11.1. The van der Waals surface area contributed by atoms with Gasteiger partial charge in [0.2, 0.25) is 0 Å². The first-order chi connectivity index (χ1) is 7.29. The predicted molar refractivity (Wildman–Crippen MR) is 68.4 cm³/mol. The molecule has 4 nitrogen and oxygen atoms in total. The summed E-state index contributed by atoms with van der Waals surface area (Å²) in [6.45, 7) is 5.41. The molecular weight excluding hydrogens is 272 g/mol. The average Bonchev–Trinajstić information content (AvgIpc) is 2.09. The molecule has 0 radical (unpaired) electrons. The van der Waals surface area contributed by atoms with Crippen molar-refractivity contribution in [2.45, 2.75) is 26.4 Å². The van der Waals surface area contributed by atoms with Crippen LogP contribution in [-0.4, -0.2) is 11.7 Å². The highest BCUT2D eigenvalue weighted by molar-refractivity contribution is 9.10. The topological polar surface area (TPSA) is 64.3 Å². The number of anilines is 2. The van der Waals surface area contributed by atoms with Gasteiger partial charge in [0.15, 0.2) is 0 Å². The maximum Gasteiger partial charge on any atom is 0.412 e. The zero-order chi connectivity index (χ0) is 12.3. The second-order valence-electron chi connectivity index (χ2n) is 4.33. The number of nitrogens with two attached hydrogens (primary N) is 1. The molecule has 1 aromatic rings. The van der Waals surface area contributed by atoms with Crippen LogP contribution < -0.4 is 11.1 Å². The third-order valence-corrected chi connectivity index (χ3v) is 2.38. The second kappa shape index (κ2) is 4.74. The molecule has 5 heteroatoms. The Morgan fingerprint density at radius 2 is 2.06 bits per heavy atom. The summed E-state index contributed by atoms with van der Waals surface area (Å²) in [7, 11) is 0. The first-order valence-corrected chi connectivity index (χ1v) is 5.63. The molecular formula is C11H15BrN2O2. The zero-order valence-electron chi connectivity index (χ0n) is 9.50. The Balaban J connectivity index is 2.74. The number of halogens is 1. The van der Waals surface area contributed by atoms with Crippen molar-refractivity contribution in [3.05, 3.63) is 22.7 Å². The van der Waals surface area contributed by atoms with E-state index in [1.165, 1.54) is 0 Å². The largest absolute Gasteiger partial charge is 0.444 e. The second-order valence-corrected chi connectivity index (χ2v) is 5.18. The highest BCUT2D eigenvalue weighted by Crippen LogP contribution is 2.27. The molecule has 88 valence electrons. The number of carbonyl (C=O) groups excluding carboxylic acids is 1. The lowest BCUT2D eigenvalue weighted by Gasteiger charge is -2.20. The maximum absolute atomic E-state index is 11.5. The van der Waals surface area contributed by atoms with Crippen molar-refractivity contribution in [3.63, 3.8) is 0 Å². The van der Waals surface area contributed by atoms with Crippen LogP contribution in [0.15, 0.2) is 22.7 Å². The normalized spacial score (nSPS) is 11.0. The number of rotatable bonds is 1. The van der Waals surface area contributed by atoms with Crippen LogP contribution in [0, 0.1) is 0 Å². The molecule has 1 amide bonds. The third kappa shape index (κ3) is 3.73. The molecule has 1 aromatic carbocycles. The summed E-state index contributed by atoms with van der Waals surface area (Å²) < 4.78 is 5.85. The van der Waals surface area contributed by atoms with E-state index in [1.807, 2.05) is 0 Å². The molecule has 0 fully saturated rings. The Morgan fingerprint density at radius 3 is 2.62 bits per heavy atom. The maximum atomic E-state index is 11.5. The number of ether oxygens (including phenoxy) is 1. The summed E-state index contributed by atoms with van der Waals surface area (Å²) in [5.74, 6) is 0. The molecule has 1 rings (SSSR count). The van der Waals surface area contributed by atoms with Gasteiger partial charge in [-0.1, -0.05) is 6.07 Å². The van der Waals surface area contributed by atoms with Gasteiger partial charge in [0.1, 0.15) is 5.60 Å². The van der Waals surface area contributed by atoms with E-state index in [0.29, 0.717) is 11.4 Å². The number of hydrogen-bond donors (Lipinski definition) is 2. The lowest BCUT2D eigenvalue weighted by molar-refractivity contribution is 0.0636. The van der Waals surface area contributed by atoms with Crippen molar-refractivity contribution in [1.29, 1.82) is 0 Å². The quantitative estimate of drug-likeness (QED) is 0.778. The fraction of sp³-hybridized carbons (Fsp3) is 0.364. The molecule has 0 saturated carbocycles. The van der Waals surface area contributed by atoms with Gasteiger partial charge < -0.3 is 10.5 Å². The smallest absolute Gasteiger partial charge is 0.412 e. The van der Waals surface area contributed by atoms with Crippen molar-refractivity contribution in [3.8, 4) is 0 Å². The van der Waals surface area contributed by atoms with Gasteiger partial charge in [-0.3, -0.25) is 5.32 Å². The highest BCUT2D eigenvalue weighted by atomic mass is 79.9. The third-order valence-electron chi connectivity index (χ3n) is 1.69. The van der Waals surface area contributed by atoms with Gasteiger partial charge in [0, 0.05) is 4.47 Å². The van der Waals surface area contributed by atoms with E-state index in [9.17, 15) is 4.79 Å². The summed E-state index contributed by atoms with van der Waals surface area (Å²) >= 11 is 3.28. The fourth-order valence-electron chi connectivity index (χ4n) is 1.06. The van der Waals surface area contributed by atoms with Gasteiger partial charge in [-0.2, -0.15) is 0 Å². The minimum atomic E-state index is -0.523. The standard InChI is InChI=1S/C11H15BrN2O2/c1-11(2,3)16-10(15)14-8-6-4-5-7(12)9(8)13/h4-6H,13H2,1-3H3,(H,14,15). The van der Waals surface area contributed by atoms with E-state index < -0.39 is 11.7 Å². The summed E-state index contributed by atoms with van der Waals surface area (Å²) in [6.07, 6.45) is -0.516. The van der Waals surface area contributed by atoms with Crippen LogP contribution in [0.3, 0.4) is 0 Å². The van der Waals surface area contributed by atoms with Crippen molar-refractivity contribution in [1.82, 2.24) is 0 Å². The Labute approximate surface area is 103 Å². The van der Waals surface area contributed by atoms with Gasteiger partial charge >= 0.3 is 6.09 Å². The highest BCUT2D eigenvalue weighted by Gasteiger charge is 2.17. The number of benzene rings is 1. The Kier molecular flexibility index (Phi) is 3.80. The van der Waals surface area contributed by atoms with Crippen molar-refractivity contribution >= 4 is 33.4 Å².